The number of rotatable bonds is 7. The van der Waals surface area contributed by atoms with Gasteiger partial charge in [-0.15, -0.1) is 24.0 Å². The van der Waals surface area contributed by atoms with Gasteiger partial charge in [0.1, 0.15) is 0 Å². The third-order valence-corrected chi connectivity index (χ3v) is 4.61. The van der Waals surface area contributed by atoms with E-state index in [0.717, 1.165) is 45.1 Å². The van der Waals surface area contributed by atoms with E-state index in [1.165, 1.54) is 17.5 Å². The van der Waals surface area contributed by atoms with Gasteiger partial charge in [-0.25, -0.2) is 0 Å². The van der Waals surface area contributed by atoms with Crippen LogP contribution in [-0.4, -0.2) is 56.8 Å². The summed E-state index contributed by atoms with van der Waals surface area (Å²) in [5.74, 6) is 0.837. The lowest BCUT2D eigenvalue weighted by Gasteiger charge is -2.28. The molecule has 0 fully saturated rings. The third-order valence-electron chi connectivity index (χ3n) is 4.61. The zero-order valence-electron chi connectivity index (χ0n) is 16.0. The van der Waals surface area contributed by atoms with Crippen LogP contribution in [0.3, 0.4) is 0 Å². The SMILES string of the molecule is CN=C(NCCCN1CCc2ccccc2C1)NCC(C)(C)OC.I. The van der Waals surface area contributed by atoms with Gasteiger partial charge in [0.05, 0.1) is 5.60 Å². The molecule has 0 unspecified atom stereocenters. The van der Waals surface area contributed by atoms with Crippen molar-refractivity contribution in [3.8, 4) is 0 Å². The van der Waals surface area contributed by atoms with Crippen LogP contribution in [0.4, 0.5) is 0 Å². The maximum atomic E-state index is 5.41. The van der Waals surface area contributed by atoms with E-state index >= 15 is 0 Å². The molecule has 25 heavy (non-hydrogen) atoms. The fourth-order valence-corrected chi connectivity index (χ4v) is 2.84. The van der Waals surface area contributed by atoms with Crippen LogP contribution in [-0.2, 0) is 17.7 Å². The maximum Gasteiger partial charge on any atom is 0.191 e. The molecule has 1 aliphatic heterocycles. The molecule has 0 amide bonds. The zero-order valence-corrected chi connectivity index (χ0v) is 18.3. The second kappa shape index (κ2) is 11.0. The molecule has 0 saturated carbocycles. The van der Waals surface area contributed by atoms with E-state index in [-0.39, 0.29) is 29.6 Å². The van der Waals surface area contributed by atoms with Crippen molar-refractivity contribution in [2.75, 3.05) is 40.3 Å². The monoisotopic (exact) mass is 460 g/mol. The molecular weight excluding hydrogens is 427 g/mol. The fourth-order valence-electron chi connectivity index (χ4n) is 2.84. The van der Waals surface area contributed by atoms with Crippen LogP contribution in [0.15, 0.2) is 29.3 Å². The Bertz CT molecular complexity index is 548. The van der Waals surface area contributed by atoms with Crippen molar-refractivity contribution in [2.45, 2.75) is 38.8 Å². The highest BCUT2D eigenvalue weighted by molar-refractivity contribution is 14.0. The summed E-state index contributed by atoms with van der Waals surface area (Å²) >= 11 is 0. The molecule has 0 atom stereocenters. The minimum Gasteiger partial charge on any atom is -0.377 e. The maximum absolute atomic E-state index is 5.41. The molecule has 0 radical (unpaired) electrons. The molecular formula is C19H33IN4O. The van der Waals surface area contributed by atoms with E-state index in [4.69, 9.17) is 4.74 Å². The first-order chi connectivity index (χ1) is 11.5. The van der Waals surface area contributed by atoms with Gasteiger partial charge >= 0.3 is 0 Å². The standard InChI is InChI=1S/C19H32N4O.HI/c1-19(2,24-4)15-22-18(20-3)21-11-7-12-23-13-10-16-8-5-6-9-17(16)14-23;/h5-6,8-9H,7,10-15H2,1-4H3,(H2,20,21,22);1H. The van der Waals surface area contributed by atoms with Crippen molar-refractivity contribution < 1.29 is 4.74 Å². The highest BCUT2D eigenvalue weighted by Gasteiger charge is 2.17. The van der Waals surface area contributed by atoms with Crippen LogP contribution in [0, 0.1) is 0 Å². The number of methoxy groups -OCH3 is 1. The Kier molecular flexibility index (Phi) is 9.74. The summed E-state index contributed by atoms with van der Waals surface area (Å²) in [6.07, 6.45) is 2.27. The quantitative estimate of drug-likeness (QED) is 0.284. The minimum absolute atomic E-state index is 0. The number of benzene rings is 1. The van der Waals surface area contributed by atoms with Gasteiger partial charge in [0.15, 0.2) is 5.96 Å². The Morgan fingerprint density at radius 1 is 1.24 bits per heavy atom. The molecule has 0 aromatic heterocycles. The minimum atomic E-state index is -0.196. The van der Waals surface area contributed by atoms with Crippen molar-refractivity contribution >= 4 is 29.9 Å². The van der Waals surface area contributed by atoms with E-state index in [1.807, 2.05) is 0 Å². The fraction of sp³-hybridized carbons (Fsp3) is 0.632. The molecule has 6 heteroatoms. The van der Waals surface area contributed by atoms with Crippen molar-refractivity contribution in [1.82, 2.24) is 15.5 Å². The molecule has 2 N–H and O–H groups in total. The summed E-state index contributed by atoms with van der Waals surface area (Å²) in [5.41, 5.74) is 2.80. The van der Waals surface area contributed by atoms with E-state index in [9.17, 15) is 0 Å². The van der Waals surface area contributed by atoms with E-state index in [1.54, 1.807) is 14.2 Å². The van der Waals surface area contributed by atoms with Crippen molar-refractivity contribution in [3.63, 3.8) is 0 Å². The van der Waals surface area contributed by atoms with E-state index in [2.05, 4.69) is 58.6 Å². The van der Waals surface area contributed by atoms with Crippen LogP contribution in [0.1, 0.15) is 31.4 Å². The number of guanidine groups is 1. The van der Waals surface area contributed by atoms with Crippen LogP contribution >= 0.6 is 24.0 Å². The van der Waals surface area contributed by atoms with Gasteiger partial charge in [0.2, 0.25) is 0 Å². The Balaban J connectivity index is 0.00000312. The summed E-state index contributed by atoms with van der Waals surface area (Å²) in [4.78, 5) is 6.80. The Hall–Kier alpha value is -0.860. The Labute approximate surface area is 169 Å². The highest BCUT2D eigenvalue weighted by atomic mass is 127. The summed E-state index contributed by atoms with van der Waals surface area (Å²) < 4.78 is 5.41. The lowest BCUT2D eigenvalue weighted by molar-refractivity contribution is 0.0268. The average molecular weight is 460 g/mol. The first-order valence-electron chi connectivity index (χ1n) is 8.83. The molecule has 1 aliphatic rings. The van der Waals surface area contributed by atoms with Gasteiger partial charge in [0.25, 0.3) is 0 Å². The van der Waals surface area contributed by atoms with E-state index in [0.29, 0.717) is 0 Å². The molecule has 1 heterocycles. The van der Waals surface area contributed by atoms with Crippen molar-refractivity contribution in [2.24, 2.45) is 4.99 Å². The lowest BCUT2D eigenvalue weighted by Crippen LogP contribution is -2.45. The number of hydrogen-bond acceptors (Lipinski definition) is 3. The number of halogens is 1. The molecule has 1 aromatic rings. The van der Waals surface area contributed by atoms with Crippen LogP contribution in [0.2, 0.25) is 0 Å². The number of ether oxygens (including phenoxy) is 1. The largest absolute Gasteiger partial charge is 0.377 e. The molecule has 0 spiro atoms. The van der Waals surface area contributed by atoms with Gasteiger partial charge in [-0.3, -0.25) is 9.89 Å². The second-order valence-electron chi connectivity index (χ2n) is 6.96. The van der Waals surface area contributed by atoms with Crippen LogP contribution in [0.25, 0.3) is 0 Å². The predicted octanol–water partition coefficient (Wildman–Crippen LogP) is 2.64. The molecule has 1 aromatic carbocycles. The number of hydrogen-bond donors (Lipinski definition) is 2. The van der Waals surface area contributed by atoms with E-state index < -0.39 is 0 Å². The second-order valence-corrected chi connectivity index (χ2v) is 6.96. The summed E-state index contributed by atoms with van der Waals surface area (Å²) in [7, 11) is 3.53. The Morgan fingerprint density at radius 2 is 1.96 bits per heavy atom. The normalized spacial score (nSPS) is 15.3. The molecule has 0 saturated heterocycles. The predicted molar refractivity (Wildman–Crippen MR) is 116 cm³/mol. The number of aliphatic imine (C=N–C) groups is 1. The summed E-state index contributed by atoms with van der Waals surface area (Å²) in [6.45, 7) is 9.11. The molecule has 0 bridgehead atoms. The Morgan fingerprint density at radius 3 is 2.64 bits per heavy atom. The zero-order chi connectivity index (χ0) is 17.4. The van der Waals surface area contributed by atoms with Crippen molar-refractivity contribution in [1.29, 1.82) is 0 Å². The number of nitrogens with zero attached hydrogens (tertiary/aromatic N) is 2. The number of nitrogens with one attached hydrogen (secondary N) is 2. The smallest absolute Gasteiger partial charge is 0.191 e. The summed E-state index contributed by atoms with van der Waals surface area (Å²) in [6, 6.07) is 8.79. The third kappa shape index (κ3) is 7.50. The van der Waals surface area contributed by atoms with Crippen molar-refractivity contribution in [3.05, 3.63) is 35.4 Å². The van der Waals surface area contributed by atoms with Gasteiger partial charge in [-0.05, 0) is 37.8 Å². The first-order valence-corrected chi connectivity index (χ1v) is 8.83. The van der Waals surface area contributed by atoms with Gasteiger partial charge < -0.3 is 15.4 Å². The molecule has 5 nitrogen and oxygen atoms in total. The van der Waals surface area contributed by atoms with Gasteiger partial charge in [-0.1, -0.05) is 24.3 Å². The average Bonchev–Trinajstić information content (AvgIpc) is 2.61. The number of fused-ring (bicyclic) bond motifs is 1. The summed E-state index contributed by atoms with van der Waals surface area (Å²) in [5, 5.41) is 6.69. The van der Waals surface area contributed by atoms with Crippen LogP contribution in [0.5, 0.6) is 0 Å². The van der Waals surface area contributed by atoms with Gasteiger partial charge in [-0.2, -0.15) is 0 Å². The topological polar surface area (TPSA) is 48.9 Å². The molecule has 142 valence electrons. The molecule has 0 aliphatic carbocycles. The lowest BCUT2D eigenvalue weighted by atomic mass is 10.00. The van der Waals surface area contributed by atoms with Crippen LogP contribution < -0.4 is 10.6 Å². The first kappa shape index (κ1) is 22.2. The molecule has 2 rings (SSSR count). The van der Waals surface area contributed by atoms with Gasteiger partial charge in [0, 0.05) is 46.9 Å². The highest BCUT2D eigenvalue weighted by Crippen LogP contribution is 2.18.